The molecule has 0 atom stereocenters. The Kier molecular flexibility index (Phi) is 6.30. The number of anilines is 1. The second-order valence-electron chi connectivity index (χ2n) is 5.33. The van der Waals surface area contributed by atoms with Crippen LogP contribution in [0.2, 0.25) is 0 Å². The third kappa shape index (κ3) is 6.34. The molecule has 1 amide bonds. The first-order valence-electron chi connectivity index (χ1n) is 7.26. The minimum atomic E-state index is -4.47. The standard InChI is InChI=1S/C16H14BrF3N2O3S/c17-12-3-7-14(8-4-12)26(24,25)22-13-5-1-11(2-6-13)9-15(23)21-10-16(18,19)20/h1-8,22H,9-10H2,(H,21,23). The molecule has 0 heterocycles. The number of halogens is 4. The largest absolute Gasteiger partial charge is 0.405 e. The van der Waals surface area contributed by atoms with Crippen LogP contribution < -0.4 is 10.0 Å². The zero-order chi connectivity index (χ0) is 19.4. The number of rotatable bonds is 6. The number of alkyl halides is 3. The minimum Gasteiger partial charge on any atom is -0.347 e. The van der Waals surface area contributed by atoms with Gasteiger partial charge < -0.3 is 5.32 Å². The van der Waals surface area contributed by atoms with Crippen LogP contribution in [0.1, 0.15) is 5.56 Å². The lowest BCUT2D eigenvalue weighted by Gasteiger charge is -2.10. The van der Waals surface area contributed by atoms with Crippen molar-refractivity contribution in [1.82, 2.24) is 5.32 Å². The fraction of sp³-hybridized carbons (Fsp3) is 0.188. The SMILES string of the molecule is O=C(Cc1ccc(NS(=O)(=O)c2ccc(Br)cc2)cc1)NCC(F)(F)F. The van der Waals surface area contributed by atoms with Crippen molar-refractivity contribution in [3.63, 3.8) is 0 Å². The predicted molar refractivity (Wildman–Crippen MR) is 94.2 cm³/mol. The zero-order valence-corrected chi connectivity index (χ0v) is 15.6. The number of carbonyl (C=O) groups is 1. The predicted octanol–water partition coefficient (Wildman–Crippen LogP) is 3.47. The highest BCUT2D eigenvalue weighted by molar-refractivity contribution is 9.10. The Balaban J connectivity index is 1.99. The average Bonchev–Trinajstić information content (AvgIpc) is 2.54. The van der Waals surface area contributed by atoms with Gasteiger partial charge in [-0.3, -0.25) is 9.52 Å². The van der Waals surface area contributed by atoms with Crippen LogP contribution in [-0.2, 0) is 21.2 Å². The van der Waals surface area contributed by atoms with Gasteiger partial charge in [-0.2, -0.15) is 13.2 Å². The van der Waals surface area contributed by atoms with Crippen molar-refractivity contribution < 1.29 is 26.4 Å². The Bertz CT molecular complexity index is 867. The van der Waals surface area contributed by atoms with Crippen molar-refractivity contribution in [2.45, 2.75) is 17.5 Å². The van der Waals surface area contributed by atoms with E-state index in [-0.39, 0.29) is 17.0 Å². The smallest absolute Gasteiger partial charge is 0.347 e. The van der Waals surface area contributed by atoms with Crippen LogP contribution in [0.25, 0.3) is 0 Å². The molecule has 140 valence electrons. The normalized spacial score (nSPS) is 11.8. The summed E-state index contributed by atoms with van der Waals surface area (Å²) in [6.07, 6.45) is -4.71. The summed E-state index contributed by atoms with van der Waals surface area (Å²) in [6, 6.07) is 11.9. The molecule has 0 aliphatic carbocycles. The number of sulfonamides is 1. The molecule has 0 unspecified atom stereocenters. The van der Waals surface area contributed by atoms with Gasteiger partial charge in [0.2, 0.25) is 5.91 Å². The minimum absolute atomic E-state index is 0.0799. The van der Waals surface area contributed by atoms with Crippen molar-refractivity contribution >= 4 is 37.5 Å². The van der Waals surface area contributed by atoms with E-state index >= 15 is 0 Å². The summed E-state index contributed by atoms with van der Waals surface area (Å²) >= 11 is 3.22. The van der Waals surface area contributed by atoms with Gasteiger partial charge in [0.05, 0.1) is 11.3 Å². The van der Waals surface area contributed by atoms with Crippen molar-refractivity contribution in [1.29, 1.82) is 0 Å². The summed E-state index contributed by atoms with van der Waals surface area (Å²) in [5.74, 6) is -0.773. The van der Waals surface area contributed by atoms with Gasteiger partial charge in [0, 0.05) is 10.2 Å². The molecular formula is C16H14BrF3N2O3S. The van der Waals surface area contributed by atoms with E-state index in [2.05, 4.69) is 20.7 Å². The highest BCUT2D eigenvalue weighted by atomic mass is 79.9. The van der Waals surface area contributed by atoms with Crippen LogP contribution in [-0.4, -0.2) is 27.0 Å². The van der Waals surface area contributed by atoms with E-state index in [0.29, 0.717) is 5.56 Å². The van der Waals surface area contributed by atoms with E-state index in [0.717, 1.165) is 4.47 Å². The third-order valence-electron chi connectivity index (χ3n) is 3.18. The van der Waals surface area contributed by atoms with Gasteiger partial charge >= 0.3 is 6.18 Å². The molecule has 0 saturated carbocycles. The molecule has 2 aromatic rings. The number of amides is 1. The van der Waals surface area contributed by atoms with Crippen LogP contribution >= 0.6 is 15.9 Å². The molecule has 2 aromatic carbocycles. The number of hydrogen-bond donors (Lipinski definition) is 2. The van der Waals surface area contributed by atoms with Gasteiger partial charge in [-0.05, 0) is 42.0 Å². The molecule has 2 rings (SSSR count). The second kappa shape index (κ2) is 8.09. The lowest BCUT2D eigenvalue weighted by atomic mass is 10.1. The molecule has 0 aliphatic heterocycles. The summed E-state index contributed by atoms with van der Waals surface area (Å²) in [6.45, 7) is -1.39. The topological polar surface area (TPSA) is 75.3 Å². The maximum absolute atomic E-state index is 12.3. The molecule has 0 aliphatic rings. The van der Waals surface area contributed by atoms with E-state index in [9.17, 15) is 26.4 Å². The molecule has 0 aromatic heterocycles. The molecule has 0 radical (unpaired) electrons. The highest BCUT2D eigenvalue weighted by Crippen LogP contribution is 2.19. The quantitative estimate of drug-likeness (QED) is 0.707. The first-order chi connectivity index (χ1) is 12.0. The van der Waals surface area contributed by atoms with Crippen molar-refractivity contribution in [3.05, 3.63) is 58.6 Å². The van der Waals surface area contributed by atoms with Crippen molar-refractivity contribution in [3.8, 4) is 0 Å². The van der Waals surface area contributed by atoms with Crippen LogP contribution in [0.5, 0.6) is 0 Å². The van der Waals surface area contributed by atoms with E-state index in [4.69, 9.17) is 0 Å². The second-order valence-corrected chi connectivity index (χ2v) is 7.92. The molecule has 5 nitrogen and oxygen atoms in total. The summed E-state index contributed by atoms with van der Waals surface area (Å²) in [7, 11) is -3.77. The number of hydrogen-bond acceptors (Lipinski definition) is 3. The number of benzene rings is 2. The Morgan fingerprint density at radius 2 is 1.58 bits per heavy atom. The molecule has 0 spiro atoms. The molecule has 0 bridgehead atoms. The van der Waals surface area contributed by atoms with Gasteiger partial charge in [-0.25, -0.2) is 8.42 Å². The van der Waals surface area contributed by atoms with E-state index in [1.807, 2.05) is 0 Å². The van der Waals surface area contributed by atoms with Crippen LogP contribution in [0, 0.1) is 0 Å². The summed E-state index contributed by atoms with van der Waals surface area (Å²) in [5, 5.41) is 1.77. The van der Waals surface area contributed by atoms with E-state index < -0.39 is 28.7 Å². The Morgan fingerprint density at radius 1 is 1.00 bits per heavy atom. The molecular weight excluding hydrogens is 437 g/mol. The van der Waals surface area contributed by atoms with E-state index in [1.165, 1.54) is 36.4 Å². The van der Waals surface area contributed by atoms with Crippen LogP contribution in [0.3, 0.4) is 0 Å². The van der Waals surface area contributed by atoms with Crippen LogP contribution in [0.15, 0.2) is 57.9 Å². The Morgan fingerprint density at radius 3 is 2.12 bits per heavy atom. The number of nitrogens with one attached hydrogen (secondary N) is 2. The first kappa shape index (κ1) is 20.2. The maximum Gasteiger partial charge on any atom is 0.405 e. The maximum atomic E-state index is 12.3. The fourth-order valence-electron chi connectivity index (χ4n) is 1.97. The van der Waals surface area contributed by atoms with Gasteiger partial charge in [0.25, 0.3) is 10.0 Å². The fourth-order valence-corrected chi connectivity index (χ4v) is 3.29. The van der Waals surface area contributed by atoms with Gasteiger partial charge in [-0.15, -0.1) is 0 Å². The van der Waals surface area contributed by atoms with Crippen molar-refractivity contribution in [2.75, 3.05) is 11.3 Å². The molecule has 0 saturated heterocycles. The number of carbonyl (C=O) groups excluding carboxylic acids is 1. The molecule has 2 N–H and O–H groups in total. The molecule has 0 fully saturated rings. The average molecular weight is 451 g/mol. The molecule has 26 heavy (non-hydrogen) atoms. The lowest BCUT2D eigenvalue weighted by molar-refractivity contribution is -0.138. The Labute approximate surface area is 156 Å². The lowest BCUT2D eigenvalue weighted by Crippen LogP contribution is -2.34. The van der Waals surface area contributed by atoms with Crippen molar-refractivity contribution in [2.24, 2.45) is 0 Å². The summed E-state index contributed by atoms with van der Waals surface area (Å²) in [4.78, 5) is 11.5. The summed E-state index contributed by atoms with van der Waals surface area (Å²) < 4.78 is 63.8. The van der Waals surface area contributed by atoms with Gasteiger partial charge in [0.15, 0.2) is 0 Å². The van der Waals surface area contributed by atoms with Gasteiger partial charge in [-0.1, -0.05) is 28.1 Å². The zero-order valence-electron chi connectivity index (χ0n) is 13.2. The highest BCUT2D eigenvalue weighted by Gasteiger charge is 2.27. The molecule has 10 heteroatoms. The summed E-state index contributed by atoms with van der Waals surface area (Å²) in [5.41, 5.74) is 0.726. The van der Waals surface area contributed by atoms with E-state index in [1.54, 1.807) is 17.4 Å². The first-order valence-corrected chi connectivity index (χ1v) is 9.53. The van der Waals surface area contributed by atoms with Crippen LogP contribution in [0.4, 0.5) is 18.9 Å². The Hall–Kier alpha value is -2.07. The van der Waals surface area contributed by atoms with Gasteiger partial charge in [0.1, 0.15) is 6.54 Å². The third-order valence-corrected chi connectivity index (χ3v) is 5.11. The monoisotopic (exact) mass is 450 g/mol.